The number of aliphatic hydroxyl groups is 1. The maximum Gasteiger partial charge on any atom is 0.227 e. The Labute approximate surface area is 209 Å². The zero-order chi connectivity index (χ0) is 25.4. The van der Waals surface area contributed by atoms with Gasteiger partial charge in [-0.05, 0) is 63.1 Å². The molecule has 0 fully saturated rings. The van der Waals surface area contributed by atoms with Crippen LogP contribution in [0.3, 0.4) is 0 Å². The van der Waals surface area contributed by atoms with Crippen LogP contribution in [0.25, 0.3) is 5.69 Å². The van der Waals surface area contributed by atoms with Gasteiger partial charge in [-0.1, -0.05) is 32.0 Å². The van der Waals surface area contributed by atoms with E-state index in [2.05, 4.69) is 18.7 Å². The SMILES string of the molecule is COc1ccc(Oc2c(CN(CC(C)C)C[C@@H](O)COC(C)C)c(C)nn2-c2ccccc2)cc1. The van der Waals surface area contributed by atoms with Gasteiger partial charge >= 0.3 is 0 Å². The van der Waals surface area contributed by atoms with E-state index in [9.17, 15) is 5.11 Å². The second-order valence-electron chi connectivity index (χ2n) is 9.52. The standard InChI is InChI=1S/C28H39N3O4/c1-20(2)16-30(17-24(32)19-34-21(3)4)18-27-22(5)29-31(23-10-8-7-9-11-23)28(27)35-26-14-12-25(33-6)13-15-26/h7-15,20-21,24,32H,16-19H2,1-6H3/t24-/m1/s1. The van der Waals surface area contributed by atoms with Crippen molar-refractivity contribution in [3.63, 3.8) is 0 Å². The molecule has 1 aromatic heterocycles. The molecule has 0 unspecified atom stereocenters. The molecule has 0 saturated heterocycles. The molecule has 190 valence electrons. The number of aromatic nitrogens is 2. The van der Waals surface area contributed by atoms with E-state index in [4.69, 9.17) is 19.3 Å². The molecule has 35 heavy (non-hydrogen) atoms. The highest BCUT2D eigenvalue weighted by atomic mass is 16.5. The Kier molecular flexibility index (Phi) is 9.72. The minimum absolute atomic E-state index is 0.0825. The summed E-state index contributed by atoms with van der Waals surface area (Å²) in [5.74, 6) is 2.57. The van der Waals surface area contributed by atoms with Crippen molar-refractivity contribution < 1.29 is 19.3 Å². The Hall–Kier alpha value is -2.87. The van der Waals surface area contributed by atoms with Gasteiger partial charge in [-0.25, -0.2) is 4.68 Å². The van der Waals surface area contributed by atoms with Gasteiger partial charge < -0.3 is 19.3 Å². The van der Waals surface area contributed by atoms with Gasteiger partial charge in [0.1, 0.15) is 11.5 Å². The van der Waals surface area contributed by atoms with Gasteiger partial charge in [0, 0.05) is 19.6 Å². The lowest BCUT2D eigenvalue weighted by Gasteiger charge is -2.27. The first kappa shape index (κ1) is 26.7. The van der Waals surface area contributed by atoms with Crippen LogP contribution in [0.1, 0.15) is 39.0 Å². The molecule has 3 rings (SSSR count). The molecule has 0 aliphatic carbocycles. The molecule has 0 amide bonds. The monoisotopic (exact) mass is 481 g/mol. The Bertz CT molecular complexity index is 1030. The number of benzene rings is 2. The number of ether oxygens (including phenoxy) is 3. The Morgan fingerprint density at radius 2 is 1.60 bits per heavy atom. The molecule has 0 aliphatic rings. The molecular formula is C28H39N3O4. The van der Waals surface area contributed by atoms with E-state index in [0.29, 0.717) is 37.2 Å². The molecule has 0 bridgehead atoms. The van der Waals surface area contributed by atoms with Crippen molar-refractivity contribution in [2.45, 2.75) is 53.4 Å². The maximum atomic E-state index is 10.6. The van der Waals surface area contributed by atoms with Crippen molar-refractivity contribution in [3.05, 3.63) is 65.9 Å². The van der Waals surface area contributed by atoms with E-state index in [-0.39, 0.29) is 6.10 Å². The smallest absolute Gasteiger partial charge is 0.227 e. The van der Waals surface area contributed by atoms with E-state index in [1.165, 1.54) is 0 Å². The van der Waals surface area contributed by atoms with Crippen molar-refractivity contribution in [2.75, 3.05) is 26.8 Å². The zero-order valence-corrected chi connectivity index (χ0v) is 21.8. The summed E-state index contributed by atoms with van der Waals surface area (Å²) in [5.41, 5.74) is 2.80. The van der Waals surface area contributed by atoms with Gasteiger partial charge in [-0.15, -0.1) is 0 Å². The first-order valence-electron chi connectivity index (χ1n) is 12.2. The normalized spacial score (nSPS) is 12.5. The Morgan fingerprint density at radius 3 is 2.20 bits per heavy atom. The van der Waals surface area contributed by atoms with E-state index in [1.807, 2.05) is 80.1 Å². The second kappa shape index (κ2) is 12.7. The molecule has 7 heteroatoms. The van der Waals surface area contributed by atoms with Crippen LogP contribution >= 0.6 is 0 Å². The Morgan fingerprint density at radius 1 is 0.943 bits per heavy atom. The number of nitrogens with zero attached hydrogens (tertiary/aromatic N) is 3. The van der Waals surface area contributed by atoms with Crippen LogP contribution in [0.4, 0.5) is 0 Å². The van der Waals surface area contributed by atoms with Gasteiger partial charge in [0.2, 0.25) is 5.88 Å². The third kappa shape index (κ3) is 7.82. The van der Waals surface area contributed by atoms with Gasteiger partial charge in [0.05, 0.1) is 42.9 Å². The number of hydrogen-bond donors (Lipinski definition) is 1. The highest BCUT2D eigenvalue weighted by Crippen LogP contribution is 2.32. The summed E-state index contributed by atoms with van der Waals surface area (Å²) in [6.07, 6.45) is -0.495. The third-order valence-electron chi connectivity index (χ3n) is 5.51. The number of aryl methyl sites for hydroxylation is 1. The van der Waals surface area contributed by atoms with Crippen LogP contribution in [0.2, 0.25) is 0 Å². The van der Waals surface area contributed by atoms with Crippen LogP contribution in [0.15, 0.2) is 54.6 Å². The highest BCUT2D eigenvalue weighted by Gasteiger charge is 2.23. The summed E-state index contributed by atoms with van der Waals surface area (Å²) in [5, 5.41) is 15.5. The minimum atomic E-state index is -0.577. The summed E-state index contributed by atoms with van der Waals surface area (Å²) >= 11 is 0. The first-order chi connectivity index (χ1) is 16.8. The van der Waals surface area contributed by atoms with Crippen molar-refractivity contribution in [2.24, 2.45) is 5.92 Å². The van der Waals surface area contributed by atoms with Crippen molar-refractivity contribution in [1.82, 2.24) is 14.7 Å². The largest absolute Gasteiger partial charge is 0.497 e. The van der Waals surface area contributed by atoms with Crippen molar-refractivity contribution in [3.8, 4) is 23.1 Å². The van der Waals surface area contributed by atoms with Crippen LogP contribution in [-0.2, 0) is 11.3 Å². The first-order valence-corrected chi connectivity index (χ1v) is 12.2. The van der Waals surface area contributed by atoms with Crippen LogP contribution < -0.4 is 9.47 Å². The van der Waals surface area contributed by atoms with Gasteiger partial charge in [0.15, 0.2) is 0 Å². The fraction of sp³-hybridized carbons (Fsp3) is 0.464. The number of para-hydroxylation sites is 1. The topological polar surface area (TPSA) is 69.0 Å². The lowest BCUT2D eigenvalue weighted by atomic mass is 10.1. The van der Waals surface area contributed by atoms with Crippen LogP contribution in [0, 0.1) is 12.8 Å². The second-order valence-corrected chi connectivity index (χ2v) is 9.52. The maximum absolute atomic E-state index is 10.6. The summed E-state index contributed by atoms with van der Waals surface area (Å²) < 4.78 is 19.2. The average molecular weight is 482 g/mol. The number of aliphatic hydroxyl groups excluding tert-OH is 1. The van der Waals surface area contributed by atoms with E-state index >= 15 is 0 Å². The summed E-state index contributed by atoms with van der Waals surface area (Å²) in [4.78, 5) is 2.25. The number of hydrogen-bond acceptors (Lipinski definition) is 6. The molecule has 1 N–H and O–H groups in total. The predicted molar refractivity (Wildman–Crippen MR) is 139 cm³/mol. The lowest BCUT2D eigenvalue weighted by Crippen LogP contribution is -2.37. The van der Waals surface area contributed by atoms with Crippen molar-refractivity contribution in [1.29, 1.82) is 0 Å². The molecule has 3 aromatic rings. The van der Waals surface area contributed by atoms with E-state index < -0.39 is 6.10 Å². The fourth-order valence-electron chi connectivity index (χ4n) is 3.92. The summed E-state index contributed by atoms with van der Waals surface area (Å²) in [6.45, 7) is 12.6. The molecule has 0 saturated carbocycles. The molecule has 7 nitrogen and oxygen atoms in total. The lowest BCUT2D eigenvalue weighted by molar-refractivity contribution is -0.0109. The molecular weight excluding hydrogens is 442 g/mol. The molecule has 1 atom stereocenters. The molecule has 0 spiro atoms. The molecule has 1 heterocycles. The third-order valence-corrected chi connectivity index (χ3v) is 5.51. The molecule has 0 aliphatic heterocycles. The van der Waals surface area contributed by atoms with E-state index in [1.54, 1.807) is 7.11 Å². The van der Waals surface area contributed by atoms with Gasteiger partial charge in [-0.2, -0.15) is 5.10 Å². The van der Waals surface area contributed by atoms with Gasteiger partial charge in [0.25, 0.3) is 0 Å². The number of rotatable bonds is 13. The zero-order valence-electron chi connectivity index (χ0n) is 21.8. The van der Waals surface area contributed by atoms with Crippen LogP contribution in [-0.4, -0.2) is 58.8 Å². The quantitative estimate of drug-likeness (QED) is 0.361. The minimum Gasteiger partial charge on any atom is -0.497 e. The Balaban J connectivity index is 1.94. The number of methoxy groups -OCH3 is 1. The predicted octanol–water partition coefficient (Wildman–Crippen LogP) is 5.23. The van der Waals surface area contributed by atoms with Crippen LogP contribution in [0.5, 0.6) is 17.4 Å². The molecule has 0 radical (unpaired) electrons. The summed E-state index contributed by atoms with van der Waals surface area (Å²) in [7, 11) is 1.64. The molecule has 2 aromatic carbocycles. The fourth-order valence-corrected chi connectivity index (χ4v) is 3.92. The highest BCUT2D eigenvalue weighted by molar-refractivity contribution is 5.44. The van der Waals surface area contributed by atoms with Gasteiger partial charge in [-0.3, -0.25) is 4.90 Å². The van der Waals surface area contributed by atoms with Crippen molar-refractivity contribution >= 4 is 0 Å². The van der Waals surface area contributed by atoms with E-state index in [0.717, 1.165) is 29.2 Å². The average Bonchev–Trinajstić information content (AvgIpc) is 3.13. The summed E-state index contributed by atoms with van der Waals surface area (Å²) in [6, 6.07) is 17.5.